The van der Waals surface area contributed by atoms with Crippen LogP contribution in [0.5, 0.6) is 5.75 Å². The van der Waals surface area contributed by atoms with Crippen molar-refractivity contribution in [2.45, 2.75) is 26.3 Å². The molecule has 0 heterocycles. The summed E-state index contributed by atoms with van der Waals surface area (Å²) in [4.78, 5) is 25.5. The third-order valence-electron chi connectivity index (χ3n) is 3.99. The topological polar surface area (TPSA) is 66.8 Å². The Morgan fingerprint density at radius 1 is 1.12 bits per heavy atom. The van der Waals surface area contributed by atoms with E-state index in [2.05, 4.69) is 0 Å². The fourth-order valence-corrected chi connectivity index (χ4v) is 2.65. The zero-order chi connectivity index (χ0) is 18.2. The van der Waals surface area contributed by atoms with Crippen LogP contribution < -0.4 is 4.74 Å². The van der Waals surface area contributed by atoms with Gasteiger partial charge in [-0.1, -0.05) is 30.3 Å². The summed E-state index contributed by atoms with van der Waals surface area (Å²) in [6.45, 7) is 2.71. The van der Waals surface area contributed by atoms with Gasteiger partial charge in [-0.3, -0.25) is 9.59 Å². The summed E-state index contributed by atoms with van der Waals surface area (Å²) in [5.41, 5.74) is 2.45. The number of hydrogen-bond acceptors (Lipinski definition) is 3. The van der Waals surface area contributed by atoms with Crippen LogP contribution >= 0.6 is 0 Å². The minimum Gasteiger partial charge on any atom is -0.497 e. The minimum atomic E-state index is -0.854. The fourth-order valence-electron chi connectivity index (χ4n) is 2.65. The maximum Gasteiger partial charge on any atom is 0.303 e. The highest BCUT2D eigenvalue weighted by molar-refractivity contribution is 5.95. The van der Waals surface area contributed by atoms with Gasteiger partial charge in [0.05, 0.1) is 7.11 Å². The number of rotatable bonds is 8. The Balaban J connectivity index is 2.20. The summed E-state index contributed by atoms with van der Waals surface area (Å²) in [5.74, 6) is -0.253. The van der Waals surface area contributed by atoms with Crippen molar-refractivity contribution >= 4 is 11.9 Å². The van der Waals surface area contributed by atoms with Crippen LogP contribution in [-0.2, 0) is 11.3 Å². The van der Waals surface area contributed by atoms with Gasteiger partial charge in [0.2, 0.25) is 0 Å². The lowest BCUT2D eigenvalue weighted by Crippen LogP contribution is -2.32. The van der Waals surface area contributed by atoms with Gasteiger partial charge in [0.25, 0.3) is 5.91 Å². The van der Waals surface area contributed by atoms with E-state index < -0.39 is 5.97 Å². The summed E-state index contributed by atoms with van der Waals surface area (Å²) in [7, 11) is 1.59. The molecule has 0 aliphatic rings. The molecule has 0 saturated heterocycles. The van der Waals surface area contributed by atoms with Gasteiger partial charge < -0.3 is 14.7 Å². The van der Waals surface area contributed by atoms with Crippen molar-refractivity contribution < 1.29 is 19.4 Å². The first-order valence-electron chi connectivity index (χ1n) is 8.21. The minimum absolute atomic E-state index is 0.0418. The molecule has 2 rings (SSSR count). The molecule has 0 unspecified atom stereocenters. The molecule has 0 atom stereocenters. The number of benzene rings is 2. The first-order valence-corrected chi connectivity index (χ1v) is 8.21. The second-order valence-electron chi connectivity index (χ2n) is 5.89. The van der Waals surface area contributed by atoms with Gasteiger partial charge in [-0.25, -0.2) is 0 Å². The van der Waals surface area contributed by atoms with Crippen molar-refractivity contribution in [3.8, 4) is 5.75 Å². The maximum absolute atomic E-state index is 13.0. The largest absolute Gasteiger partial charge is 0.497 e. The predicted octanol–water partition coefficient (Wildman–Crippen LogP) is 3.51. The van der Waals surface area contributed by atoms with Crippen LogP contribution in [0.2, 0.25) is 0 Å². The normalized spacial score (nSPS) is 10.3. The van der Waals surface area contributed by atoms with Crippen LogP contribution in [0, 0.1) is 6.92 Å². The molecule has 1 amide bonds. The number of carboxylic acids is 1. The molecule has 2 aromatic rings. The van der Waals surface area contributed by atoms with Crippen molar-refractivity contribution in [3.05, 3.63) is 65.2 Å². The van der Waals surface area contributed by atoms with Gasteiger partial charge in [-0.05, 0) is 42.7 Å². The van der Waals surface area contributed by atoms with E-state index >= 15 is 0 Å². The molecule has 0 spiro atoms. The number of nitrogens with zero attached hydrogens (tertiary/aromatic N) is 1. The lowest BCUT2D eigenvalue weighted by molar-refractivity contribution is -0.137. The number of carbonyl (C=O) groups excluding carboxylic acids is 1. The molecule has 0 radical (unpaired) electrons. The SMILES string of the molecule is COc1ccc(C(=O)N(CCCC(=O)O)Cc2ccccc2)c(C)c1. The molecule has 25 heavy (non-hydrogen) atoms. The van der Waals surface area contributed by atoms with Crippen molar-refractivity contribution in [1.29, 1.82) is 0 Å². The summed E-state index contributed by atoms with van der Waals surface area (Å²) in [6.07, 6.45) is 0.462. The van der Waals surface area contributed by atoms with E-state index in [1.54, 1.807) is 24.1 Å². The van der Waals surface area contributed by atoms with E-state index in [0.717, 1.165) is 11.1 Å². The molecule has 5 nitrogen and oxygen atoms in total. The van der Waals surface area contributed by atoms with E-state index in [4.69, 9.17) is 9.84 Å². The molecule has 5 heteroatoms. The van der Waals surface area contributed by atoms with Crippen LogP contribution in [0.15, 0.2) is 48.5 Å². The zero-order valence-electron chi connectivity index (χ0n) is 14.6. The van der Waals surface area contributed by atoms with Crippen molar-refractivity contribution in [2.75, 3.05) is 13.7 Å². The Morgan fingerprint density at radius 2 is 1.84 bits per heavy atom. The average Bonchev–Trinajstić information content (AvgIpc) is 2.60. The van der Waals surface area contributed by atoms with E-state index in [1.807, 2.05) is 43.3 Å². The van der Waals surface area contributed by atoms with Gasteiger partial charge in [-0.15, -0.1) is 0 Å². The molecule has 132 valence electrons. The van der Waals surface area contributed by atoms with Crippen LogP contribution in [0.1, 0.15) is 34.3 Å². The van der Waals surface area contributed by atoms with Crippen LogP contribution in [0.25, 0.3) is 0 Å². The van der Waals surface area contributed by atoms with Crippen molar-refractivity contribution in [2.24, 2.45) is 0 Å². The van der Waals surface area contributed by atoms with Gasteiger partial charge in [-0.2, -0.15) is 0 Å². The molecule has 0 bridgehead atoms. The van der Waals surface area contributed by atoms with Crippen LogP contribution in [0.4, 0.5) is 0 Å². The van der Waals surface area contributed by atoms with E-state index in [1.165, 1.54) is 0 Å². The molecule has 2 aromatic carbocycles. The highest BCUT2D eigenvalue weighted by Crippen LogP contribution is 2.20. The summed E-state index contributed by atoms with van der Waals surface area (Å²) in [6, 6.07) is 15.0. The molecule has 0 aliphatic heterocycles. The Hall–Kier alpha value is -2.82. The smallest absolute Gasteiger partial charge is 0.303 e. The Morgan fingerprint density at radius 3 is 2.44 bits per heavy atom. The third kappa shape index (κ3) is 5.35. The molecule has 1 N–H and O–H groups in total. The number of carboxylic acid groups (broad SMARTS) is 1. The third-order valence-corrected chi connectivity index (χ3v) is 3.99. The van der Waals surface area contributed by atoms with Crippen molar-refractivity contribution in [1.82, 2.24) is 4.90 Å². The first-order chi connectivity index (χ1) is 12.0. The zero-order valence-corrected chi connectivity index (χ0v) is 14.6. The van der Waals surface area contributed by atoms with Crippen LogP contribution in [-0.4, -0.2) is 35.5 Å². The fraction of sp³-hybridized carbons (Fsp3) is 0.300. The second-order valence-corrected chi connectivity index (χ2v) is 5.89. The molecule has 0 aliphatic carbocycles. The summed E-state index contributed by atoms with van der Waals surface area (Å²) in [5, 5.41) is 8.86. The number of amides is 1. The van der Waals surface area contributed by atoms with Gasteiger partial charge in [0.1, 0.15) is 5.75 Å². The molecule has 0 aromatic heterocycles. The molecule has 0 fully saturated rings. The van der Waals surface area contributed by atoms with Gasteiger partial charge in [0, 0.05) is 25.1 Å². The Kier molecular flexibility index (Phi) is 6.57. The highest BCUT2D eigenvalue weighted by Gasteiger charge is 2.18. The van der Waals surface area contributed by atoms with Crippen LogP contribution in [0.3, 0.4) is 0 Å². The quantitative estimate of drug-likeness (QED) is 0.798. The summed E-state index contributed by atoms with van der Waals surface area (Å²) >= 11 is 0. The number of ether oxygens (including phenoxy) is 1. The Labute approximate surface area is 147 Å². The van der Waals surface area contributed by atoms with E-state index in [-0.39, 0.29) is 12.3 Å². The van der Waals surface area contributed by atoms with E-state index in [0.29, 0.717) is 30.8 Å². The predicted molar refractivity (Wildman–Crippen MR) is 95.8 cm³/mol. The lowest BCUT2D eigenvalue weighted by atomic mass is 10.1. The van der Waals surface area contributed by atoms with E-state index in [9.17, 15) is 9.59 Å². The number of hydrogen-bond donors (Lipinski definition) is 1. The standard InChI is InChI=1S/C20H23NO4/c1-15-13-17(25-2)10-11-18(15)20(24)21(12-6-9-19(22)23)14-16-7-4-3-5-8-16/h3-5,7-8,10-11,13H,6,9,12,14H2,1-2H3,(H,22,23). The number of aliphatic carboxylic acids is 1. The maximum atomic E-state index is 13.0. The first kappa shape index (κ1) is 18.5. The number of methoxy groups -OCH3 is 1. The average molecular weight is 341 g/mol. The van der Waals surface area contributed by atoms with Gasteiger partial charge in [0.15, 0.2) is 0 Å². The second kappa shape index (κ2) is 8.87. The Bertz CT molecular complexity index is 728. The molecular formula is C20H23NO4. The monoisotopic (exact) mass is 341 g/mol. The molecular weight excluding hydrogens is 318 g/mol. The molecule has 0 saturated carbocycles. The highest BCUT2D eigenvalue weighted by atomic mass is 16.5. The van der Waals surface area contributed by atoms with Crippen molar-refractivity contribution in [3.63, 3.8) is 0 Å². The lowest BCUT2D eigenvalue weighted by Gasteiger charge is -2.24. The number of carbonyl (C=O) groups is 2. The summed E-state index contributed by atoms with van der Waals surface area (Å²) < 4.78 is 5.19. The van der Waals surface area contributed by atoms with Gasteiger partial charge >= 0.3 is 5.97 Å². The number of aryl methyl sites for hydroxylation is 1.